The highest BCUT2D eigenvalue weighted by atomic mass is 79.9. The first-order chi connectivity index (χ1) is 10.6. The van der Waals surface area contributed by atoms with Crippen LogP contribution in [0.2, 0.25) is 0 Å². The fourth-order valence-electron chi connectivity index (χ4n) is 1.93. The summed E-state index contributed by atoms with van der Waals surface area (Å²) in [6.07, 6.45) is 1.68. The minimum atomic E-state index is 0.452. The molecule has 0 bridgehead atoms. The van der Waals surface area contributed by atoms with Gasteiger partial charge in [0, 0.05) is 22.4 Å². The molecule has 22 heavy (non-hydrogen) atoms. The van der Waals surface area contributed by atoms with Crippen LogP contribution in [0.4, 0.5) is 23.3 Å². The third-order valence-electron chi connectivity index (χ3n) is 2.97. The van der Waals surface area contributed by atoms with E-state index in [0.29, 0.717) is 17.6 Å². The van der Waals surface area contributed by atoms with E-state index < -0.39 is 0 Å². The molecule has 3 rings (SSSR count). The van der Waals surface area contributed by atoms with Gasteiger partial charge in [0.05, 0.1) is 0 Å². The highest BCUT2D eigenvalue weighted by molar-refractivity contribution is 9.10. The molecule has 3 aromatic rings. The molecule has 0 aliphatic rings. The highest BCUT2D eigenvalue weighted by Gasteiger charge is 2.05. The summed E-state index contributed by atoms with van der Waals surface area (Å²) >= 11 is 3.45. The fraction of sp³-hybridized carbons (Fsp3) is 0.133. The lowest BCUT2D eigenvalue weighted by molar-refractivity contribution is 0.400. The van der Waals surface area contributed by atoms with Gasteiger partial charge in [0.2, 0.25) is 5.95 Å². The molecule has 6 nitrogen and oxygen atoms in total. The van der Waals surface area contributed by atoms with Crippen molar-refractivity contribution in [2.45, 2.75) is 13.8 Å². The summed E-state index contributed by atoms with van der Waals surface area (Å²) in [4.78, 5) is 8.58. The average Bonchev–Trinajstić information content (AvgIpc) is 2.88. The Balaban J connectivity index is 1.78. The number of aryl methyl sites for hydroxylation is 2. The van der Waals surface area contributed by atoms with Crippen molar-refractivity contribution in [3.05, 3.63) is 52.3 Å². The number of nitrogens with one attached hydrogen (secondary N) is 2. The van der Waals surface area contributed by atoms with E-state index in [9.17, 15) is 0 Å². The van der Waals surface area contributed by atoms with Crippen molar-refractivity contribution < 1.29 is 4.52 Å². The van der Waals surface area contributed by atoms with Crippen LogP contribution in [0.15, 0.2) is 45.5 Å². The van der Waals surface area contributed by atoms with Gasteiger partial charge in [0.15, 0.2) is 5.82 Å². The summed E-state index contributed by atoms with van der Waals surface area (Å²) < 4.78 is 6.04. The van der Waals surface area contributed by atoms with Gasteiger partial charge in [-0.2, -0.15) is 4.98 Å². The first-order valence-electron chi connectivity index (χ1n) is 6.67. The maximum absolute atomic E-state index is 5.00. The number of benzene rings is 1. The number of aromatic nitrogens is 3. The standard InChI is InChI=1S/C15H14BrN5O/c1-9-7-11(16)3-4-12(9)18-13-5-6-17-15(19-13)20-14-8-10(2)22-21-14/h3-8H,1-2H3,(H2,17,18,19,20,21). The molecule has 1 aromatic carbocycles. The van der Waals surface area contributed by atoms with Crippen molar-refractivity contribution >= 4 is 39.2 Å². The van der Waals surface area contributed by atoms with E-state index in [2.05, 4.69) is 41.7 Å². The van der Waals surface area contributed by atoms with Crippen LogP contribution in [-0.4, -0.2) is 15.1 Å². The van der Waals surface area contributed by atoms with Gasteiger partial charge in [-0.1, -0.05) is 21.1 Å². The predicted molar refractivity (Wildman–Crippen MR) is 88.7 cm³/mol. The molecule has 0 unspecified atom stereocenters. The summed E-state index contributed by atoms with van der Waals surface area (Å²) in [5, 5.41) is 10.1. The van der Waals surface area contributed by atoms with Gasteiger partial charge < -0.3 is 15.2 Å². The molecule has 0 spiro atoms. The van der Waals surface area contributed by atoms with Gasteiger partial charge in [-0.3, -0.25) is 0 Å². The van der Waals surface area contributed by atoms with Crippen molar-refractivity contribution in [3.8, 4) is 0 Å². The van der Waals surface area contributed by atoms with Crippen LogP contribution in [-0.2, 0) is 0 Å². The molecule has 2 heterocycles. The Hall–Kier alpha value is -2.41. The lowest BCUT2D eigenvalue weighted by atomic mass is 10.2. The molecule has 2 N–H and O–H groups in total. The fourth-order valence-corrected chi connectivity index (χ4v) is 2.41. The summed E-state index contributed by atoms with van der Waals surface area (Å²) in [7, 11) is 0. The number of hydrogen-bond donors (Lipinski definition) is 2. The minimum Gasteiger partial charge on any atom is -0.360 e. The topological polar surface area (TPSA) is 75.9 Å². The Kier molecular flexibility index (Phi) is 4.06. The van der Waals surface area contributed by atoms with E-state index in [1.165, 1.54) is 0 Å². The summed E-state index contributed by atoms with van der Waals surface area (Å²) in [5.41, 5.74) is 2.11. The molecular formula is C15H14BrN5O. The Morgan fingerprint density at radius 1 is 1.05 bits per heavy atom. The molecule has 2 aromatic heterocycles. The highest BCUT2D eigenvalue weighted by Crippen LogP contribution is 2.23. The number of hydrogen-bond acceptors (Lipinski definition) is 6. The van der Waals surface area contributed by atoms with E-state index in [1.807, 2.05) is 32.0 Å². The molecule has 0 saturated carbocycles. The Morgan fingerprint density at radius 2 is 1.91 bits per heavy atom. The van der Waals surface area contributed by atoms with Gasteiger partial charge in [-0.05, 0) is 43.7 Å². The predicted octanol–water partition coefficient (Wildman–Crippen LogP) is 4.33. The first-order valence-corrected chi connectivity index (χ1v) is 7.46. The Labute approximate surface area is 136 Å². The van der Waals surface area contributed by atoms with Gasteiger partial charge in [-0.15, -0.1) is 0 Å². The zero-order chi connectivity index (χ0) is 15.5. The number of nitrogens with zero attached hydrogens (tertiary/aromatic N) is 3. The third kappa shape index (κ3) is 3.43. The Morgan fingerprint density at radius 3 is 2.64 bits per heavy atom. The van der Waals surface area contributed by atoms with Gasteiger partial charge >= 0.3 is 0 Å². The molecule has 0 amide bonds. The van der Waals surface area contributed by atoms with E-state index in [0.717, 1.165) is 21.5 Å². The van der Waals surface area contributed by atoms with Crippen LogP contribution < -0.4 is 10.6 Å². The number of halogens is 1. The minimum absolute atomic E-state index is 0.452. The lowest BCUT2D eigenvalue weighted by Gasteiger charge is -2.10. The van der Waals surface area contributed by atoms with Crippen molar-refractivity contribution in [3.63, 3.8) is 0 Å². The molecular weight excluding hydrogens is 346 g/mol. The van der Waals surface area contributed by atoms with Gasteiger partial charge in [0.25, 0.3) is 0 Å². The molecule has 0 aliphatic heterocycles. The summed E-state index contributed by atoms with van der Waals surface area (Å²) in [5.74, 6) is 2.45. The van der Waals surface area contributed by atoms with Gasteiger partial charge in [0.1, 0.15) is 11.6 Å². The van der Waals surface area contributed by atoms with E-state index in [4.69, 9.17) is 4.52 Å². The second kappa shape index (κ2) is 6.15. The normalized spacial score (nSPS) is 10.5. The van der Waals surface area contributed by atoms with Crippen LogP contribution in [0.5, 0.6) is 0 Å². The molecule has 0 radical (unpaired) electrons. The smallest absolute Gasteiger partial charge is 0.230 e. The van der Waals surface area contributed by atoms with Crippen LogP contribution in [0.1, 0.15) is 11.3 Å². The van der Waals surface area contributed by atoms with Crippen molar-refractivity contribution in [1.29, 1.82) is 0 Å². The zero-order valence-corrected chi connectivity index (χ0v) is 13.7. The molecule has 0 saturated heterocycles. The first kappa shape index (κ1) is 14.5. The maximum Gasteiger partial charge on any atom is 0.230 e. The van der Waals surface area contributed by atoms with E-state index in [1.54, 1.807) is 18.3 Å². The second-order valence-electron chi connectivity index (χ2n) is 4.80. The van der Waals surface area contributed by atoms with Crippen molar-refractivity contribution in [2.75, 3.05) is 10.6 Å². The lowest BCUT2D eigenvalue weighted by Crippen LogP contribution is -2.01. The molecule has 0 atom stereocenters. The quantitative estimate of drug-likeness (QED) is 0.721. The number of rotatable bonds is 4. The zero-order valence-electron chi connectivity index (χ0n) is 12.1. The largest absolute Gasteiger partial charge is 0.360 e. The summed E-state index contributed by atoms with van der Waals surface area (Å²) in [6, 6.07) is 9.60. The maximum atomic E-state index is 5.00. The molecule has 7 heteroatoms. The van der Waals surface area contributed by atoms with E-state index >= 15 is 0 Å². The van der Waals surface area contributed by atoms with Crippen molar-refractivity contribution in [1.82, 2.24) is 15.1 Å². The van der Waals surface area contributed by atoms with Crippen LogP contribution in [0, 0.1) is 13.8 Å². The monoisotopic (exact) mass is 359 g/mol. The van der Waals surface area contributed by atoms with Crippen LogP contribution in [0.25, 0.3) is 0 Å². The van der Waals surface area contributed by atoms with Gasteiger partial charge in [-0.25, -0.2) is 4.98 Å². The average molecular weight is 360 g/mol. The molecule has 112 valence electrons. The van der Waals surface area contributed by atoms with Crippen LogP contribution in [0.3, 0.4) is 0 Å². The SMILES string of the molecule is Cc1cc(Nc2nccc(Nc3ccc(Br)cc3C)n2)no1. The van der Waals surface area contributed by atoms with Crippen molar-refractivity contribution in [2.24, 2.45) is 0 Å². The summed E-state index contributed by atoms with van der Waals surface area (Å²) in [6.45, 7) is 3.86. The van der Waals surface area contributed by atoms with E-state index in [-0.39, 0.29) is 0 Å². The Bertz CT molecular complexity index is 802. The van der Waals surface area contributed by atoms with Crippen LogP contribution >= 0.6 is 15.9 Å². The molecule has 0 aliphatic carbocycles. The third-order valence-corrected chi connectivity index (χ3v) is 3.47. The number of anilines is 4. The molecule has 0 fully saturated rings. The second-order valence-corrected chi connectivity index (χ2v) is 5.71.